The van der Waals surface area contributed by atoms with Crippen molar-refractivity contribution in [1.29, 1.82) is 0 Å². The maximum atomic E-state index is 10.4. The van der Waals surface area contributed by atoms with Crippen LogP contribution in [-0.4, -0.2) is 40.7 Å². The molecule has 19 heavy (non-hydrogen) atoms. The first-order valence-electron chi connectivity index (χ1n) is 7.22. The first-order valence-corrected chi connectivity index (χ1v) is 7.22. The van der Waals surface area contributed by atoms with Gasteiger partial charge in [-0.3, -0.25) is 4.90 Å². The van der Waals surface area contributed by atoms with Crippen molar-refractivity contribution in [3.8, 4) is 0 Å². The fourth-order valence-corrected chi connectivity index (χ4v) is 2.93. The van der Waals surface area contributed by atoms with Gasteiger partial charge in [0.05, 0.1) is 5.60 Å². The van der Waals surface area contributed by atoms with Crippen molar-refractivity contribution in [1.82, 2.24) is 9.88 Å². The fourth-order valence-electron chi connectivity index (χ4n) is 2.93. The number of anilines is 1. The number of pyridine rings is 1. The fraction of sp³-hybridized carbons (Fsp3) is 0.667. The van der Waals surface area contributed by atoms with Crippen LogP contribution < -0.4 is 5.32 Å². The van der Waals surface area contributed by atoms with E-state index in [0.29, 0.717) is 0 Å². The number of aliphatic hydroxyl groups is 1. The average Bonchev–Trinajstić information content (AvgIpc) is 2.78. The van der Waals surface area contributed by atoms with E-state index in [1.807, 2.05) is 12.3 Å². The first kappa shape index (κ1) is 14.3. The Morgan fingerprint density at radius 1 is 1.42 bits per heavy atom. The largest absolute Gasteiger partial charge is 0.389 e. The molecule has 1 aromatic heterocycles. The van der Waals surface area contributed by atoms with Gasteiger partial charge in [0, 0.05) is 31.4 Å². The van der Waals surface area contributed by atoms with E-state index in [0.717, 1.165) is 51.1 Å². The van der Waals surface area contributed by atoms with E-state index < -0.39 is 5.60 Å². The zero-order valence-electron chi connectivity index (χ0n) is 12.0. The molecule has 1 fully saturated rings. The first-order chi connectivity index (χ1) is 9.13. The Kier molecular flexibility index (Phi) is 4.77. The van der Waals surface area contributed by atoms with Gasteiger partial charge in [-0.05, 0) is 32.9 Å². The molecule has 0 bridgehead atoms. The van der Waals surface area contributed by atoms with Crippen molar-refractivity contribution >= 4 is 5.82 Å². The summed E-state index contributed by atoms with van der Waals surface area (Å²) in [6, 6.07) is 4.06. The highest BCUT2D eigenvalue weighted by atomic mass is 16.3. The van der Waals surface area contributed by atoms with Crippen LogP contribution in [0.4, 0.5) is 5.82 Å². The van der Waals surface area contributed by atoms with Gasteiger partial charge in [0.2, 0.25) is 0 Å². The topological polar surface area (TPSA) is 48.4 Å². The molecule has 0 radical (unpaired) electrons. The van der Waals surface area contributed by atoms with E-state index in [1.165, 1.54) is 5.56 Å². The Labute approximate surface area is 115 Å². The van der Waals surface area contributed by atoms with Crippen molar-refractivity contribution in [2.45, 2.75) is 44.8 Å². The molecule has 0 unspecified atom stereocenters. The molecule has 4 nitrogen and oxygen atoms in total. The normalized spacial score (nSPS) is 17.9. The van der Waals surface area contributed by atoms with Crippen LogP contribution in [0.5, 0.6) is 0 Å². The van der Waals surface area contributed by atoms with Crippen LogP contribution >= 0.6 is 0 Å². The minimum absolute atomic E-state index is 0.477. The maximum absolute atomic E-state index is 10.4. The van der Waals surface area contributed by atoms with Crippen molar-refractivity contribution < 1.29 is 5.11 Å². The molecule has 1 saturated carbocycles. The second kappa shape index (κ2) is 6.35. The summed E-state index contributed by atoms with van der Waals surface area (Å²) >= 11 is 0. The van der Waals surface area contributed by atoms with Gasteiger partial charge in [0.25, 0.3) is 0 Å². The molecular formula is C15H25N3O. The van der Waals surface area contributed by atoms with Crippen LogP contribution in [0, 0.1) is 0 Å². The Morgan fingerprint density at radius 3 is 2.84 bits per heavy atom. The van der Waals surface area contributed by atoms with Crippen LogP contribution in [0.2, 0.25) is 0 Å². The molecule has 106 valence electrons. The number of hydrogen-bond donors (Lipinski definition) is 2. The monoisotopic (exact) mass is 263 g/mol. The molecule has 0 atom stereocenters. The third-order valence-corrected chi connectivity index (χ3v) is 3.77. The molecular weight excluding hydrogens is 238 g/mol. The zero-order valence-corrected chi connectivity index (χ0v) is 12.0. The summed E-state index contributed by atoms with van der Waals surface area (Å²) in [6.45, 7) is 4.51. The van der Waals surface area contributed by atoms with E-state index in [4.69, 9.17) is 0 Å². The van der Waals surface area contributed by atoms with E-state index in [1.54, 1.807) is 0 Å². The SMILES string of the molecule is CCNc1ncccc1CN(C)CC1(O)CCCC1. The molecule has 2 N–H and O–H groups in total. The Balaban J connectivity index is 1.96. The van der Waals surface area contributed by atoms with Crippen molar-refractivity contribution in [2.75, 3.05) is 25.5 Å². The highest BCUT2D eigenvalue weighted by Gasteiger charge is 2.32. The van der Waals surface area contributed by atoms with Crippen LogP contribution in [0.15, 0.2) is 18.3 Å². The second-order valence-electron chi connectivity index (χ2n) is 5.65. The summed E-state index contributed by atoms with van der Waals surface area (Å²) in [7, 11) is 2.07. The molecule has 0 saturated heterocycles. The van der Waals surface area contributed by atoms with Gasteiger partial charge in [-0.1, -0.05) is 18.9 Å². The number of nitrogens with zero attached hydrogens (tertiary/aromatic N) is 2. The van der Waals surface area contributed by atoms with Gasteiger partial charge in [0.15, 0.2) is 0 Å². The summed E-state index contributed by atoms with van der Waals surface area (Å²) in [5.74, 6) is 0.954. The molecule has 2 rings (SSSR count). The lowest BCUT2D eigenvalue weighted by Crippen LogP contribution is -2.38. The van der Waals surface area contributed by atoms with E-state index in [2.05, 4.69) is 35.2 Å². The standard InChI is InChI=1S/C15H25N3O/c1-3-16-14-13(7-6-10-17-14)11-18(2)12-15(19)8-4-5-9-15/h6-7,10,19H,3-5,8-9,11-12H2,1-2H3,(H,16,17). The smallest absolute Gasteiger partial charge is 0.130 e. The van der Waals surface area contributed by atoms with Gasteiger partial charge in [-0.2, -0.15) is 0 Å². The highest BCUT2D eigenvalue weighted by molar-refractivity contribution is 5.43. The van der Waals surface area contributed by atoms with E-state index in [9.17, 15) is 5.11 Å². The lowest BCUT2D eigenvalue weighted by atomic mass is 10.0. The third-order valence-electron chi connectivity index (χ3n) is 3.77. The number of aromatic nitrogens is 1. The summed E-state index contributed by atoms with van der Waals surface area (Å²) in [4.78, 5) is 6.57. The molecule has 0 spiro atoms. The number of likely N-dealkylation sites (N-methyl/N-ethyl adjacent to an activating group) is 1. The lowest BCUT2D eigenvalue weighted by Gasteiger charge is -2.29. The van der Waals surface area contributed by atoms with E-state index >= 15 is 0 Å². The van der Waals surface area contributed by atoms with Crippen LogP contribution in [0.3, 0.4) is 0 Å². The molecule has 4 heteroatoms. The Morgan fingerprint density at radius 2 is 2.16 bits per heavy atom. The number of nitrogens with one attached hydrogen (secondary N) is 1. The highest BCUT2D eigenvalue weighted by Crippen LogP contribution is 2.30. The maximum Gasteiger partial charge on any atom is 0.130 e. The van der Waals surface area contributed by atoms with Crippen molar-refractivity contribution in [2.24, 2.45) is 0 Å². The quantitative estimate of drug-likeness (QED) is 0.826. The molecule has 0 aromatic carbocycles. The summed E-state index contributed by atoms with van der Waals surface area (Å²) in [5.41, 5.74) is 0.711. The van der Waals surface area contributed by atoms with Gasteiger partial charge >= 0.3 is 0 Å². The van der Waals surface area contributed by atoms with E-state index in [-0.39, 0.29) is 0 Å². The van der Waals surface area contributed by atoms with Crippen molar-refractivity contribution in [3.63, 3.8) is 0 Å². The lowest BCUT2D eigenvalue weighted by molar-refractivity contribution is 0.0145. The summed E-state index contributed by atoms with van der Waals surface area (Å²) < 4.78 is 0. The molecule has 1 aliphatic carbocycles. The minimum atomic E-state index is -0.477. The minimum Gasteiger partial charge on any atom is -0.389 e. The predicted molar refractivity (Wildman–Crippen MR) is 78.2 cm³/mol. The van der Waals surface area contributed by atoms with Crippen LogP contribution in [0.25, 0.3) is 0 Å². The van der Waals surface area contributed by atoms with Crippen LogP contribution in [0.1, 0.15) is 38.2 Å². The molecule has 0 amide bonds. The molecule has 1 aliphatic rings. The van der Waals surface area contributed by atoms with Gasteiger partial charge in [-0.15, -0.1) is 0 Å². The molecule has 1 aromatic rings. The number of rotatable bonds is 6. The molecule has 0 aliphatic heterocycles. The Bertz CT molecular complexity index is 402. The third kappa shape index (κ3) is 3.91. The zero-order chi connectivity index (χ0) is 13.7. The predicted octanol–water partition coefficient (Wildman–Crippen LogP) is 2.25. The summed E-state index contributed by atoms with van der Waals surface area (Å²) in [5, 5.41) is 13.7. The van der Waals surface area contributed by atoms with Gasteiger partial charge in [0.1, 0.15) is 5.82 Å². The van der Waals surface area contributed by atoms with Gasteiger partial charge < -0.3 is 10.4 Å². The van der Waals surface area contributed by atoms with Crippen molar-refractivity contribution in [3.05, 3.63) is 23.9 Å². The average molecular weight is 263 g/mol. The second-order valence-corrected chi connectivity index (χ2v) is 5.65. The molecule has 1 heterocycles. The number of hydrogen-bond acceptors (Lipinski definition) is 4. The summed E-state index contributed by atoms with van der Waals surface area (Å²) in [6.07, 6.45) is 5.99. The van der Waals surface area contributed by atoms with Gasteiger partial charge in [-0.25, -0.2) is 4.98 Å². The Hall–Kier alpha value is -1.13. The van der Waals surface area contributed by atoms with Crippen LogP contribution in [-0.2, 0) is 6.54 Å².